The van der Waals surface area contributed by atoms with Gasteiger partial charge in [-0.1, -0.05) is 133 Å². The molecule has 2 aromatic heterocycles. The zero-order valence-electron chi connectivity index (χ0n) is 27.9. The van der Waals surface area contributed by atoms with Crippen LogP contribution in [0.1, 0.15) is 0 Å². The van der Waals surface area contributed by atoms with Gasteiger partial charge in [-0.15, -0.1) is 0 Å². The molecule has 0 radical (unpaired) electrons. The molecule has 3 heteroatoms. The van der Waals surface area contributed by atoms with E-state index in [0.717, 1.165) is 28.4 Å². The Morgan fingerprint density at radius 1 is 0.314 bits per heavy atom. The van der Waals surface area contributed by atoms with Crippen LogP contribution in [0.4, 0.5) is 17.1 Å². The minimum absolute atomic E-state index is 1.08. The number of hydrogen-bond donors (Lipinski definition) is 0. The van der Waals surface area contributed by atoms with Crippen LogP contribution >= 0.6 is 0 Å². The third-order valence-electron chi connectivity index (χ3n) is 10.1. The van der Waals surface area contributed by atoms with Crippen molar-refractivity contribution < 1.29 is 0 Å². The van der Waals surface area contributed by atoms with Crippen molar-refractivity contribution in [1.29, 1.82) is 0 Å². The minimum Gasteiger partial charge on any atom is -0.310 e. The van der Waals surface area contributed by atoms with Crippen molar-refractivity contribution in [1.82, 2.24) is 9.13 Å². The van der Waals surface area contributed by atoms with Crippen molar-refractivity contribution in [3.05, 3.63) is 200 Å². The van der Waals surface area contributed by atoms with E-state index < -0.39 is 0 Å². The number of hydrogen-bond acceptors (Lipinski definition) is 1. The molecule has 0 spiro atoms. The van der Waals surface area contributed by atoms with E-state index in [-0.39, 0.29) is 0 Å². The summed E-state index contributed by atoms with van der Waals surface area (Å²) < 4.78 is 4.79. The molecule has 0 bridgehead atoms. The fourth-order valence-electron chi connectivity index (χ4n) is 7.90. The van der Waals surface area contributed by atoms with E-state index in [1.807, 2.05) is 0 Å². The van der Waals surface area contributed by atoms with Gasteiger partial charge >= 0.3 is 0 Å². The summed E-state index contributed by atoms with van der Waals surface area (Å²) in [5.41, 5.74) is 12.6. The number of nitrogens with zero attached hydrogens (tertiary/aromatic N) is 3. The second-order valence-electron chi connectivity index (χ2n) is 13.0. The molecule has 0 amide bonds. The highest BCUT2D eigenvalue weighted by Crippen LogP contribution is 2.43. The van der Waals surface area contributed by atoms with Crippen LogP contribution in [-0.2, 0) is 0 Å². The number of benzene rings is 8. The lowest BCUT2D eigenvalue weighted by Crippen LogP contribution is -2.12. The molecule has 8 aromatic carbocycles. The summed E-state index contributed by atoms with van der Waals surface area (Å²) in [5, 5.41) is 5.01. The van der Waals surface area contributed by atoms with Crippen LogP contribution in [0.3, 0.4) is 0 Å². The van der Waals surface area contributed by atoms with Crippen LogP contribution in [0.2, 0.25) is 0 Å². The maximum atomic E-state index is 2.41. The van der Waals surface area contributed by atoms with E-state index in [1.165, 1.54) is 54.7 Å². The third kappa shape index (κ3) is 4.74. The van der Waals surface area contributed by atoms with Gasteiger partial charge in [-0.25, -0.2) is 0 Å². The van der Waals surface area contributed by atoms with E-state index in [0.29, 0.717) is 0 Å². The van der Waals surface area contributed by atoms with Crippen molar-refractivity contribution in [2.75, 3.05) is 4.90 Å². The van der Waals surface area contributed by atoms with Crippen LogP contribution < -0.4 is 4.90 Å². The van der Waals surface area contributed by atoms with Gasteiger partial charge in [-0.05, 0) is 72.3 Å². The standard InChI is InChI=1S/C48H33N3/c1-2-16-34(17-3-1)39-22-4-9-27-44(39)49(35-18-14-20-37(32-35)50-45-28-10-5-23-40(45)41-24-6-11-29-46(41)50)36-19-15-21-38(33-36)51-47-30-12-7-25-42(47)43-26-8-13-31-48(43)51/h1-33H. The first kappa shape index (κ1) is 29.1. The summed E-state index contributed by atoms with van der Waals surface area (Å²) >= 11 is 0. The largest absolute Gasteiger partial charge is 0.310 e. The number of anilines is 3. The van der Waals surface area contributed by atoms with Crippen molar-refractivity contribution >= 4 is 60.7 Å². The molecular formula is C48H33N3. The quantitative estimate of drug-likeness (QED) is 0.174. The molecule has 3 nitrogen and oxygen atoms in total. The zero-order chi connectivity index (χ0) is 33.7. The average Bonchev–Trinajstić information content (AvgIpc) is 3.72. The number of fused-ring (bicyclic) bond motifs is 6. The average molecular weight is 652 g/mol. The summed E-state index contributed by atoms with van der Waals surface area (Å²) in [5.74, 6) is 0. The Bertz CT molecular complexity index is 2610. The topological polar surface area (TPSA) is 13.1 Å². The molecule has 0 N–H and O–H groups in total. The van der Waals surface area contributed by atoms with Gasteiger partial charge in [0.25, 0.3) is 0 Å². The third-order valence-corrected chi connectivity index (χ3v) is 10.1. The maximum absolute atomic E-state index is 2.41. The highest BCUT2D eigenvalue weighted by atomic mass is 15.2. The van der Waals surface area contributed by atoms with E-state index in [9.17, 15) is 0 Å². The number of aromatic nitrogens is 2. The van der Waals surface area contributed by atoms with Crippen LogP contribution in [0, 0.1) is 0 Å². The minimum atomic E-state index is 1.08. The van der Waals surface area contributed by atoms with E-state index in [4.69, 9.17) is 0 Å². The smallest absolute Gasteiger partial charge is 0.0541 e. The first-order chi connectivity index (χ1) is 25.3. The van der Waals surface area contributed by atoms with E-state index >= 15 is 0 Å². The van der Waals surface area contributed by atoms with Crippen molar-refractivity contribution in [3.8, 4) is 22.5 Å². The molecule has 2 heterocycles. The van der Waals surface area contributed by atoms with Crippen molar-refractivity contribution in [2.24, 2.45) is 0 Å². The monoisotopic (exact) mass is 651 g/mol. The molecule has 10 rings (SSSR count). The van der Waals surface area contributed by atoms with Gasteiger partial charge < -0.3 is 14.0 Å². The van der Waals surface area contributed by atoms with Crippen molar-refractivity contribution in [3.63, 3.8) is 0 Å². The second kappa shape index (κ2) is 11.9. The van der Waals surface area contributed by atoms with E-state index in [1.54, 1.807) is 0 Å². The highest BCUT2D eigenvalue weighted by molar-refractivity contribution is 6.10. The zero-order valence-corrected chi connectivity index (χ0v) is 27.9. The Kier molecular flexibility index (Phi) is 6.81. The van der Waals surface area contributed by atoms with Gasteiger partial charge in [0.2, 0.25) is 0 Å². The molecule has 0 fully saturated rings. The molecule has 0 saturated heterocycles. The summed E-state index contributed by atoms with van der Waals surface area (Å²) in [4.78, 5) is 2.41. The molecule has 0 saturated carbocycles. The predicted molar refractivity (Wildman–Crippen MR) is 215 cm³/mol. The van der Waals surface area contributed by atoms with Crippen LogP contribution in [-0.4, -0.2) is 9.13 Å². The molecule has 0 unspecified atom stereocenters. The van der Waals surface area contributed by atoms with Gasteiger partial charge in [-0.2, -0.15) is 0 Å². The fourth-order valence-corrected chi connectivity index (χ4v) is 7.90. The Balaban J connectivity index is 1.22. The van der Waals surface area contributed by atoms with Gasteiger partial charge in [0.05, 0.1) is 27.8 Å². The number of para-hydroxylation sites is 5. The molecule has 0 aliphatic rings. The first-order valence-electron chi connectivity index (χ1n) is 17.5. The summed E-state index contributed by atoms with van der Waals surface area (Å²) in [6, 6.07) is 72.2. The summed E-state index contributed by atoms with van der Waals surface area (Å²) in [6.45, 7) is 0. The molecule has 10 aromatic rings. The van der Waals surface area contributed by atoms with Crippen LogP contribution in [0.5, 0.6) is 0 Å². The molecular weight excluding hydrogens is 619 g/mol. The van der Waals surface area contributed by atoms with Gasteiger partial charge in [0.1, 0.15) is 0 Å². The molecule has 0 aliphatic carbocycles. The summed E-state index contributed by atoms with van der Waals surface area (Å²) in [6.07, 6.45) is 0. The van der Waals surface area contributed by atoms with Crippen molar-refractivity contribution in [2.45, 2.75) is 0 Å². The summed E-state index contributed by atoms with van der Waals surface area (Å²) in [7, 11) is 0. The Morgan fingerprint density at radius 2 is 0.706 bits per heavy atom. The Hall–Kier alpha value is -6.84. The predicted octanol–water partition coefficient (Wildman–Crippen LogP) is 13.0. The molecule has 0 atom stereocenters. The molecule has 51 heavy (non-hydrogen) atoms. The highest BCUT2D eigenvalue weighted by Gasteiger charge is 2.20. The van der Waals surface area contributed by atoms with Gasteiger partial charge in [0, 0.05) is 49.9 Å². The SMILES string of the molecule is c1ccc(-c2ccccc2N(c2cccc(-n3c4ccccc4c4ccccc43)c2)c2cccc(-n3c4ccccc4c4ccccc43)c2)cc1. The van der Waals surface area contributed by atoms with Crippen LogP contribution in [0.25, 0.3) is 66.1 Å². The normalized spacial score (nSPS) is 11.5. The second-order valence-corrected chi connectivity index (χ2v) is 13.0. The Morgan fingerprint density at radius 3 is 1.18 bits per heavy atom. The fraction of sp³-hybridized carbons (Fsp3) is 0. The molecule has 0 aliphatic heterocycles. The lowest BCUT2D eigenvalue weighted by molar-refractivity contribution is 1.16. The van der Waals surface area contributed by atoms with Gasteiger partial charge in [0.15, 0.2) is 0 Å². The Labute approximate surface area is 296 Å². The number of rotatable bonds is 6. The lowest BCUT2D eigenvalue weighted by atomic mass is 10.0. The van der Waals surface area contributed by atoms with Gasteiger partial charge in [-0.3, -0.25) is 0 Å². The maximum Gasteiger partial charge on any atom is 0.0541 e. The molecule has 240 valence electrons. The van der Waals surface area contributed by atoms with E-state index in [2.05, 4.69) is 214 Å². The first-order valence-corrected chi connectivity index (χ1v) is 17.5. The van der Waals surface area contributed by atoms with Crippen LogP contribution in [0.15, 0.2) is 200 Å². The lowest BCUT2D eigenvalue weighted by Gasteiger charge is -2.29.